The predicted octanol–water partition coefficient (Wildman–Crippen LogP) is 0.814. The normalized spacial score (nSPS) is 28.9. The average Bonchev–Trinajstić information content (AvgIpc) is 2.34. The summed E-state index contributed by atoms with van der Waals surface area (Å²) in [5.74, 6) is 0. The minimum atomic E-state index is -0.926. The lowest BCUT2D eigenvalue weighted by Gasteiger charge is -2.28. The van der Waals surface area contributed by atoms with Crippen molar-refractivity contribution in [3.63, 3.8) is 0 Å². The van der Waals surface area contributed by atoms with Crippen LogP contribution in [-0.2, 0) is 0 Å². The highest BCUT2D eigenvalue weighted by atomic mass is 19.1. The van der Waals surface area contributed by atoms with E-state index in [1.807, 2.05) is 0 Å². The predicted molar refractivity (Wildman–Crippen MR) is 44.2 cm³/mol. The van der Waals surface area contributed by atoms with Crippen molar-refractivity contribution >= 4 is 0 Å². The number of alkyl halides is 1. The van der Waals surface area contributed by atoms with Gasteiger partial charge in [0.15, 0.2) is 0 Å². The number of halogens is 1. The van der Waals surface area contributed by atoms with E-state index in [9.17, 15) is 4.39 Å². The lowest BCUT2D eigenvalue weighted by atomic mass is 9.93. The summed E-state index contributed by atoms with van der Waals surface area (Å²) < 4.78 is 13.4. The SMILES string of the molecule is CC(C)(N)C(F)C1CCCN1. The Morgan fingerprint density at radius 2 is 2.27 bits per heavy atom. The van der Waals surface area contributed by atoms with Crippen molar-refractivity contribution in [2.75, 3.05) is 6.54 Å². The van der Waals surface area contributed by atoms with Crippen molar-refractivity contribution in [1.29, 1.82) is 0 Å². The van der Waals surface area contributed by atoms with Gasteiger partial charge in [-0.25, -0.2) is 4.39 Å². The van der Waals surface area contributed by atoms with Crippen LogP contribution < -0.4 is 11.1 Å². The molecule has 0 aromatic carbocycles. The Morgan fingerprint density at radius 3 is 2.64 bits per heavy atom. The molecule has 0 saturated carbocycles. The van der Waals surface area contributed by atoms with E-state index in [2.05, 4.69) is 5.32 Å². The van der Waals surface area contributed by atoms with E-state index in [-0.39, 0.29) is 6.04 Å². The van der Waals surface area contributed by atoms with Gasteiger partial charge in [-0.15, -0.1) is 0 Å². The summed E-state index contributed by atoms with van der Waals surface area (Å²) in [6, 6.07) is -0.0185. The number of hydrogen-bond acceptors (Lipinski definition) is 2. The molecule has 0 aliphatic carbocycles. The highest BCUT2D eigenvalue weighted by Gasteiger charge is 2.34. The van der Waals surface area contributed by atoms with Crippen LogP contribution in [0.3, 0.4) is 0 Å². The molecule has 1 aliphatic heterocycles. The van der Waals surface area contributed by atoms with Gasteiger partial charge in [0.2, 0.25) is 0 Å². The molecule has 0 spiro atoms. The first-order chi connectivity index (χ1) is 5.02. The van der Waals surface area contributed by atoms with Crippen molar-refractivity contribution in [3.05, 3.63) is 0 Å². The van der Waals surface area contributed by atoms with Gasteiger partial charge >= 0.3 is 0 Å². The van der Waals surface area contributed by atoms with Gasteiger partial charge < -0.3 is 11.1 Å². The van der Waals surface area contributed by atoms with E-state index < -0.39 is 11.7 Å². The first-order valence-corrected chi connectivity index (χ1v) is 4.18. The zero-order valence-corrected chi connectivity index (χ0v) is 7.23. The van der Waals surface area contributed by atoms with Gasteiger partial charge in [-0.2, -0.15) is 0 Å². The Bertz CT molecular complexity index is 125. The fourth-order valence-electron chi connectivity index (χ4n) is 1.48. The molecule has 1 heterocycles. The molecule has 0 bridgehead atoms. The Hall–Kier alpha value is -0.150. The van der Waals surface area contributed by atoms with Crippen LogP contribution in [-0.4, -0.2) is 24.3 Å². The fourth-order valence-corrected chi connectivity index (χ4v) is 1.48. The third kappa shape index (κ3) is 2.14. The van der Waals surface area contributed by atoms with Crippen LogP contribution in [0.1, 0.15) is 26.7 Å². The Balaban J connectivity index is 2.46. The molecule has 0 radical (unpaired) electrons. The second-order valence-corrected chi connectivity index (χ2v) is 3.93. The second-order valence-electron chi connectivity index (χ2n) is 3.93. The van der Waals surface area contributed by atoms with Crippen LogP contribution in [0.5, 0.6) is 0 Å². The van der Waals surface area contributed by atoms with Gasteiger partial charge in [0.25, 0.3) is 0 Å². The first kappa shape index (κ1) is 8.94. The Morgan fingerprint density at radius 1 is 1.64 bits per heavy atom. The van der Waals surface area contributed by atoms with Crippen LogP contribution in [0.15, 0.2) is 0 Å². The molecule has 1 saturated heterocycles. The van der Waals surface area contributed by atoms with E-state index in [0.717, 1.165) is 19.4 Å². The lowest BCUT2D eigenvalue weighted by molar-refractivity contribution is 0.173. The van der Waals surface area contributed by atoms with Crippen LogP contribution in [0.2, 0.25) is 0 Å². The molecule has 2 unspecified atom stereocenters. The van der Waals surface area contributed by atoms with Crippen molar-refractivity contribution < 1.29 is 4.39 Å². The highest BCUT2D eigenvalue weighted by Crippen LogP contribution is 2.19. The molecule has 66 valence electrons. The summed E-state index contributed by atoms with van der Waals surface area (Å²) >= 11 is 0. The zero-order valence-electron chi connectivity index (χ0n) is 7.23. The van der Waals surface area contributed by atoms with Gasteiger partial charge in [0, 0.05) is 11.6 Å². The summed E-state index contributed by atoms with van der Waals surface area (Å²) in [4.78, 5) is 0. The quantitative estimate of drug-likeness (QED) is 0.627. The topological polar surface area (TPSA) is 38.0 Å². The number of nitrogens with one attached hydrogen (secondary N) is 1. The second kappa shape index (κ2) is 3.07. The first-order valence-electron chi connectivity index (χ1n) is 4.18. The lowest BCUT2D eigenvalue weighted by Crippen LogP contribution is -2.51. The third-order valence-corrected chi connectivity index (χ3v) is 2.16. The van der Waals surface area contributed by atoms with Crippen molar-refractivity contribution in [1.82, 2.24) is 5.32 Å². The summed E-state index contributed by atoms with van der Waals surface area (Å²) in [6.45, 7) is 4.40. The number of nitrogens with two attached hydrogens (primary N) is 1. The van der Waals surface area contributed by atoms with Crippen LogP contribution >= 0.6 is 0 Å². The number of hydrogen-bond donors (Lipinski definition) is 2. The third-order valence-electron chi connectivity index (χ3n) is 2.16. The minimum absolute atomic E-state index is 0.0185. The molecular weight excluding hydrogens is 143 g/mol. The zero-order chi connectivity index (χ0) is 8.48. The van der Waals surface area contributed by atoms with E-state index >= 15 is 0 Å². The van der Waals surface area contributed by atoms with E-state index in [1.165, 1.54) is 0 Å². The summed E-state index contributed by atoms with van der Waals surface area (Å²) in [5.41, 5.74) is 4.94. The largest absolute Gasteiger partial charge is 0.323 e. The average molecular weight is 160 g/mol. The van der Waals surface area contributed by atoms with Crippen molar-refractivity contribution in [2.24, 2.45) is 5.73 Å². The molecule has 0 amide bonds. The van der Waals surface area contributed by atoms with Crippen LogP contribution in [0, 0.1) is 0 Å². The van der Waals surface area contributed by atoms with Crippen molar-refractivity contribution in [2.45, 2.75) is 44.4 Å². The molecule has 1 aliphatic rings. The maximum Gasteiger partial charge on any atom is 0.133 e. The van der Waals surface area contributed by atoms with E-state index in [0.29, 0.717) is 0 Å². The molecule has 0 aromatic rings. The van der Waals surface area contributed by atoms with E-state index in [1.54, 1.807) is 13.8 Å². The molecule has 3 N–H and O–H groups in total. The number of rotatable bonds is 2. The van der Waals surface area contributed by atoms with Gasteiger partial charge in [0.05, 0.1) is 0 Å². The minimum Gasteiger partial charge on any atom is -0.323 e. The monoisotopic (exact) mass is 160 g/mol. The molecule has 2 nitrogen and oxygen atoms in total. The standard InChI is InChI=1S/C8H17FN2/c1-8(2,10)7(9)6-4-3-5-11-6/h6-7,11H,3-5,10H2,1-2H3. The van der Waals surface area contributed by atoms with E-state index in [4.69, 9.17) is 5.73 Å². The Kier molecular flexibility index (Phi) is 2.50. The molecule has 0 aromatic heterocycles. The van der Waals surface area contributed by atoms with Crippen molar-refractivity contribution in [3.8, 4) is 0 Å². The van der Waals surface area contributed by atoms with Gasteiger partial charge in [-0.3, -0.25) is 0 Å². The van der Waals surface area contributed by atoms with Gasteiger partial charge in [0.1, 0.15) is 6.17 Å². The summed E-state index contributed by atoms with van der Waals surface area (Å²) in [6.07, 6.45) is 1.06. The van der Waals surface area contributed by atoms with Gasteiger partial charge in [-0.05, 0) is 33.2 Å². The fraction of sp³-hybridized carbons (Fsp3) is 1.00. The maximum atomic E-state index is 13.4. The summed E-state index contributed by atoms with van der Waals surface area (Å²) in [7, 11) is 0. The summed E-state index contributed by atoms with van der Waals surface area (Å²) in [5, 5.41) is 3.11. The van der Waals surface area contributed by atoms with Crippen LogP contribution in [0.25, 0.3) is 0 Å². The molecule has 1 rings (SSSR count). The highest BCUT2D eigenvalue weighted by molar-refractivity contribution is 4.93. The smallest absolute Gasteiger partial charge is 0.133 e. The molecule has 11 heavy (non-hydrogen) atoms. The molecule has 3 heteroatoms. The Labute approximate surface area is 67.3 Å². The van der Waals surface area contributed by atoms with Crippen LogP contribution in [0.4, 0.5) is 4.39 Å². The molecule has 1 fully saturated rings. The van der Waals surface area contributed by atoms with Gasteiger partial charge in [-0.1, -0.05) is 0 Å². The maximum absolute atomic E-state index is 13.4. The molecule has 2 atom stereocenters. The molecular formula is C8H17FN2.